The van der Waals surface area contributed by atoms with Gasteiger partial charge in [-0.1, -0.05) is 30.5 Å². The van der Waals surface area contributed by atoms with Crippen molar-refractivity contribution in [3.63, 3.8) is 0 Å². The number of halogens is 2. The summed E-state index contributed by atoms with van der Waals surface area (Å²) < 4.78 is 18.2. The van der Waals surface area contributed by atoms with Crippen LogP contribution in [0.15, 0.2) is 18.2 Å². The zero-order valence-corrected chi connectivity index (χ0v) is 12.5. The summed E-state index contributed by atoms with van der Waals surface area (Å²) in [6.45, 7) is -0.146. The minimum Gasteiger partial charge on any atom is -0.468 e. The minimum atomic E-state index is -0.646. The fraction of sp³-hybridized carbons (Fsp3) is 0.467. The maximum atomic E-state index is 13.5. The van der Waals surface area contributed by atoms with Crippen molar-refractivity contribution in [2.75, 3.05) is 13.7 Å². The largest absolute Gasteiger partial charge is 0.468 e. The Morgan fingerprint density at radius 3 is 2.67 bits per heavy atom. The van der Waals surface area contributed by atoms with Crippen LogP contribution in [0.5, 0.6) is 0 Å². The SMILES string of the molecule is COC(=O)CN(C(=O)c1cccc(F)c1Cl)C1CCCC1. The van der Waals surface area contributed by atoms with Gasteiger partial charge in [-0.3, -0.25) is 9.59 Å². The number of esters is 1. The van der Waals surface area contributed by atoms with E-state index < -0.39 is 17.7 Å². The number of carbonyl (C=O) groups is 2. The highest BCUT2D eigenvalue weighted by atomic mass is 35.5. The van der Waals surface area contributed by atoms with Crippen molar-refractivity contribution < 1.29 is 18.7 Å². The number of rotatable bonds is 4. The topological polar surface area (TPSA) is 46.6 Å². The smallest absolute Gasteiger partial charge is 0.325 e. The van der Waals surface area contributed by atoms with Crippen LogP contribution in [0, 0.1) is 5.82 Å². The summed E-state index contributed by atoms with van der Waals surface area (Å²) in [7, 11) is 1.27. The van der Waals surface area contributed by atoms with E-state index in [2.05, 4.69) is 4.74 Å². The molecule has 1 aliphatic carbocycles. The normalized spacial score (nSPS) is 15.0. The second-order valence-corrected chi connectivity index (χ2v) is 5.43. The van der Waals surface area contributed by atoms with E-state index in [4.69, 9.17) is 11.6 Å². The molecule has 6 heteroatoms. The summed E-state index contributed by atoms with van der Waals surface area (Å²) in [5, 5.41) is -0.213. The van der Waals surface area contributed by atoms with Gasteiger partial charge in [0.25, 0.3) is 5.91 Å². The van der Waals surface area contributed by atoms with Gasteiger partial charge in [0.05, 0.1) is 17.7 Å². The summed E-state index contributed by atoms with van der Waals surface area (Å²) in [4.78, 5) is 25.6. The van der Waals surface area contributed by atoms with Crippen LogP contribution in [-0.4, -0.2) is 36.5 Å². The van der Waals surface area contributed by atoms with E-state index in [1.807, 2.05) is 0 Å². The summed E-state index contributed by atoms with van der Waals surface area (Å²) in [5.41, 5.74) is 0.0764. The van der Waals surface area contributed by atoms with Crippen molar-refractivity contribution in [3.8, 4) is 0 Å². The number of benzene rings is 1. The molecule has 0 spiro atoms. The zero-order chi connectivity index (χ0) is 15.4. The van der Waals surface area contributed by atoms with Crippen LogP contribution in [0.1, 0.15) is 36.0 Å². The van der Waals surface area contributed by atoms with Crippen LogP contribution < -0.4 is 0 Å². The van der Waals surface area contributed by atoms with Gasteiger partial charge in [-0.05, 0) is 25.0 Å². The number of carbonyl (C=O) groups excluding carboxylic acids is 2. The molecule has 1 saturated carbocycles. The molecule has 0 aromatic heterocycles. The number of ether oxygens (including phenoxy) is 1. The van der Waals surface area contributed by atoms with Gasteiger partial charge in [-0.25, -0.2) is 4.39 Å². The van der Waals surface area contributed by atoms with E-state index in [0.717, 1.165) is 25.7 Å². The highest BCUT2D eigenvalue weighted by Gasteiger charge is 2.30. The number of hydrogen-bond donors (Lipinski definition) is 0. The molecule has 1 aromatic rings. The average molecular weight is 314 g/mol. The van der Waals surface area contributed by atoms with Crippen molar-refractivity contribution in [1.82, 2.24) is 4.90 Å². The van der Waals surface area contributed by atoms with E-state index in [0.29, 0.717) is 0 Å². The van der Waals surface area contributed by atoms with E-state index in [1.54, 1.807) is 0 Å². The third-order valence-electron chi connectivity index (χ3n) is 3.74. The molecule has 0 unspecified atom stereocenters. The zero-order valence-electron chi connectivity index (χ0n) is 11.8. The molecule has 21 heavy (non-hydrogen) atoms. The first-order valence-electron chi connectivity index (χ1n) is 6.86. The number of methoxy groups -OCH3 is 1. The molecule has 1 aromatic carbocycles. The van der Waals surface area contributed by atoms with Crippen molar-refractivity contribution in [2.24, 2.45) is 0 Å². The van der Waals surface area contributed by atoms with Crippen LogP contribution in [0.2, 0.25) is 5.02 Å². The number of amides is 1. The van der Waals surface area contributed by atoms with Crippen LogP contribution in [-0.2, 0) is 9.53 Å². The molecule has 4 nitrogen and oxygen atoms in total. The molecule has 0 heterocycles. The monoisotopic (exact) mass is 313 g/mol. The second-order valence-electron chi connectivity index (χ2n) is 5.05. The summed E-state index contributed by atoms with van der Waals surface area (Å²) in [5.74, 6) is -1.58. The summed E-state index contributed by atoms with van der Waals surface area (Å²) >= 11 is 5.87. The van der Waals surface area contributed by atoms with Crippen LogP contribution in [0.25, 0.3) is 0 Å². The van der Waals surface area contributed by atoms with Gasteiger partial charge >= 0.3 is 5.97 Å². The highest BCUT2D eigenvalue weighted by molar-refractivity contribution is 6.34. The first-order valence-corrected chi connectivity index (χ1v) is 7.24. The van der Waals surface area contributed by atoms with E-state index in [-0.39, 0.29) is 23.2 Å². The Bertz CT molecular complexity index is 544. The van der Waals surface area contributed by atoms with Gasteiger partial charge in [0, 0.05) is 6.04 Å². The number of hydrogen-bond acceptors (Lipinski definition) is 3. The molecule has 0 aliphatic heterocycles. The average Bonchev–Trinajstić information content (AvgIpc) is 3.00. The molecule has 114 valence electrons. The van der Waals surface area contributed by atoms with Gasteiger partial charge in [-0.2, -0.15) is 0 Å². The maximum absolute atomic E-state index is 13.5. The van der Waals surface area contributed by atoms with Crippen LogP contribution in [0.3, 0.4) is 0 Å². The summed E-state index contributed by atoms with van der Waals surface area (Å²) in [6.07, 6.45) is 3.67. The van der Waals surface area contributed by atoms with Crippen LogP contribution >= 0.6 is 11.6 Å². The lowest BCUT2D eigenvalue weighted by Crippen LogP contribution is -2.42. The highest BCUT2D eigenvalue weighted by Crippen LogP contribution is 2.27. The van der Waals surface area contributed by atoms with Crippen molar-refractivity contribution in [3.05, 3.63) is 34.6 Å². The molecule has 1 fully saturated rings. The summed E-state index contributed by atoms with van der Waals surface area (Å²) in [6, 6.07) is 4.06. The van der Waals surface area contributed by atoms with Crippen molar-refractivity contribution >= 4 is 23.5 Å². The fourth-order valence-corrected chi connectivity index (χ4v) is 2.82. The first kappa shape index (κ1) is 15.8. The first-order chi connectivity index (χ1) is 10.0. The fourth-order valence-electron chi connectivity index (χ4n) is 2.61. The lowest BCUT2D eigenvalue weighted by molar-refractivity contribution is -0.141. The van der Waals surface area contributed by atoms with Gasteiger partial charge in [-0.15, -0.1) is 0 Å². The lowest BCUT2D eigenvalue weighted by atomic mass is 10.1. The molecule has 0 saturated heterocycles. The van der Waals surface area contributed by atoms with Crippen molar-refractivity contribution in [2.45, 2.75) is 31.7 Å². The molecule has 2 rings (SSSR count). The Labute approximate surface area is 127 Å². The Hall–Kier alpha value is -1.62. The molecule has 0 N–H and O–H groups in total. The molecule has 1 amide bonds. The third-order valence-corrected chi connectivity index (χ3v) is 4.12. The standard InChI is InChI=1S/C15H17ClFNO3/c1-21-13(19)9-18(10-5-2-3-6-10)15(20)11-7-4-8-12(17)14(11)16/h4,7-8,10H,2-3,5-6,9H2,1H3. The molecule has 0 bridgehead atoms. The maximum Gasteiger partial charge on any atom is 0.325 e. The van der Waals surface area contributed by atoms with E-state index in [9.17, 15) is 14.0 Å². The molecule has 1 aliphatic rings. The Morgan fingerprint density at radius 1 is 1.38 bits per heavy atom. The Morgan fingerprint density at radius 2 is 2.05 bits per heavy atom. The Kier molecular flexibility index (Phi) is 5.17. The van der Waals surface area contributed by atoms with Gasteiger partial charge in [0.15, 0.2) is 0 Å². The van der Waals surface area contributed by atoms with Crippen LogP contribution in [0.4, 0.5) is 4.39 Å². The third kappa shape index (κ3) is 3.53. The van der Waals surface area contributed by atoms with E-state index in [1.165, 1.54) is 30.2 Å². The van der Waals surface area contributed by atoms with Gasteiger partial charge < -0.3 is 9.64 Å². The second kappa shape index (κ2) is 6.89. The number of nitrogens with zero attached hydrogens (tertiary/aromatic N) is 1. The van der Waals surface area contributed by atoms with E-state index >= 15 is 0 Å². The lowest BCUT2D eigenvalue weighted by Gasteiger charge is -2.28. The van der Waals surface area contributed by atoms with Gasteiger partial charge in [0.2, 0.25) is 0 Å². The van der Waals surface area contributed by atoms with Crippen molar-refractivity contribution in [1.29, 1.82) is 0 Å². The Balaban J connectivity index is 2.28. The molecular weight excluding hydrogens is 297 g/mol. The molecular formula is C15H17ClFNO3. The minimum absolute atomic E-state index is 0.0315. The molecule has 0 radical (unpaired) electrons. The quantitative estimate of drug-likeness (QED) is 0.803. The predicted molar refractivity (Wildman–Crippen MR) is 76.7 cm³/mol. The molecule has 0 atom stereocenters. The predicted octanol–water partition coefficient (Wildman–Crippen LogP) is 3.04. The van der Waals surface area contributed by atoms with Gasteiger partial charge in [0.1, 0.15) is 12.4 Å².